The summed E-state index contributed by atoms with van der Waals surface area (Å²) in [5.41, 5.74) is 7.94. The number of fused-ring (bicyclic) bond motifs is 1. The van der Waals surface area contributed by atoms with Gasteiger partial charge in [0.1, 0.15) is 5.75 Å². The van der Waals surface area contributed by atoms with Crippen LogP contribution in [-0.2, 0) is 16.1 Å². The van der Waals surface area contributed by atoms with E-state index >= 15 is 0 Å². The van der Waals surface area contributed by atoms with E-state index in [1.807, 2.05) is 35.0 Å². The van der Waals surface area contributed by atoms with Gasteiger partial charge in [-0.15, -0.1) is 0 Å². The average Bonchev–Trinajstić information content (AvgIpc) is 2.87. The molecule has 0 bridgehead atoms. The van der Waals surface area contributed by atoms with E-state index in [1.54, 1.807) is 0 Å². The minimum absolute atomic E-state index is 0.00577. The average molecular weight is 484 g/mol. The van der Waals surface area contributed by atoms with Crippen LogP contribution in [0.3, 0.4) is 0 Å². The molecule has 35 heavy (non-hydrogen) atoms. The standard InChI is InChI=1S/C27H41N5O3/c1-31(22-11-6-3-7-12-22)26(34)13-8-16-35-23-14-15-24-20(17-23)18-32(27(28)30-24)19-25(33)29-21-9-4-2-5-10-21/h14-15,17,21-22H,2-13,16,18-19H2,1H3,(H2,28,30)(H,29,33). The van der Waals surface area contributed by atoms with Gasteiger partial charge in [0.25, 0.3) is 0 Å². The summed E-state index contributed by atoms with van der Waals surface area (Å²) >= 11 is 0. The number of hydrogen-bond donors (Lipinski definition) is 2. The van der Waals surface area contributed by atoms with Crippen molar-refractivity contribution in [2.24, 2.45) is 10.7 Å². The first kappa shape index (κ1) is 25.3. The first-order valence-corrected chi connectivity index (χ1v) is 13.4. The molecule has 0 spiro atoms. The SMILES string of the molecule is CN(C(=O)CCCOc1ccc2c(c1)CN(CC(=O)NC1CCCCC1)C(N)=N2)C1CCCCC1. The zero-order valence-corrected chi connectivity index (χ0v) is 21.1. The Bertz CT molecular complexity index is 906. The molecule has 0 aromatic heterocycles. The molecule has 2 fully saturated rings. The number of nitrogens with one attached hydrogen (secondary N) is 1. The van der Waals surface area contributed by atoms with E-state index < -0.39 is 0 Å². The lowest BCUT2D eigenvalue weighted by atomic mass is 9.94. The van der Waals surface area contributed by atoms with Crippen LogP contribution in [0.4, 0.5) is 5.69 Å². The maximum atomic E-state index is 12.6. The number of carbonyl (C=O) groups excluding carboxylic acids is 2. The van der Waals surface area contributed by atoms with Crippen LogP contribution >= 0.6 is 0 Å². The normalized spacial score (nSPS) is 19.0. The highest BCUT2D eigenvalue weighted by Crippen LogP contribution is 2.29. The Balaban J connectivity index is 1.23. The van der Waals surface area contributed by atoms with Crippen molar-refractivity contribution < 1.29 is 14.3 Å². The molecule has 0 saturated heterocycles. The predicted molar refractivity (Wildman–Crippen MR) is 138 cm³/mol. The number of hydrogen-bond acceptors (Lipinski definition) is 6. The summed E-state index contributed by atoms with van der Waals surface area (Å²) in [5.74, 6) is 1.32. The molecule has 2 aliphatic carbocycles. The van der Waals surface area contributed by atoms with Crippen molar-refractivity contribution in [3.8, 4) is 5.75 Å². The Labute approximate surface area is 209 Å². The van der Waals surface area contributed by atoms with E-state index in [2.05, 4.69) is 10.3 Å². The largest absolute Gasteiger partial charge is 0.494 e. The summed E-state index contributed by atoms with van der Waals surface area (Å²) in [4.78, 5) is 33.3. The van der Waals surface area contributed by atoms with Gasteiger partial charge in [-0.25, -0.2) is 4.99 Å². The van der Waals surface area contributed by atoms with Crippen LogP contribution in [0.25, 0.3) is 0 Å². The Morgan fingerprint density at radius 3 is 2.57 bits per heavy atom. The van der Waals surface area contributed by atoms with E-state index in [0.29, 0.717) is 38.0 Å². The summed E-state index contributed by atoms with van der Waals surface area (Å²) in [5, 5.41) is 3.15. The second-order valence-electron chi connectivity index (χ2n) is 10.3. The van der Waals surface area contributed by atoms with E-state index in [0.717, 1.165) is 42.7 Å². The zero-order chi connectivity index (χ0) is 24.6. The van der Waals surface area contributed by atoms with E-state index in [9.17, 15) is 9.59 Å². The van der Waals surface area contributed by atoms with Gasteiger partial charge in [-0.05, 0) is 50.3 Å². The number of ether oxygens (including phenoxy) is 1. The van der Waals surface area contributed by atoms with Gasteiger partial charge in [0.05, 0.1) is 18.8 Å². The molecule has 1 aliphatic heterocycles. The highest BCUT2D eigenvalue weighted by Gasteiger charge is 2.23. The minimum Gasteiger partial charge on any atom is -0.494 e. The Hall–Kier alpha value is -2.77. The lowest BCUT2D eigenvalue weighted by Crippen LogP contribution is -2.47. The molecule has 3 aliphatic rings. The van der Waals surface area contributed by atoms with Crippen molar-refractivity contribution in [3.63, 3.8) is 0 Å². The van der Waals surface area contributed by atoms with E-state index in [4.69, 9.17) is 10.5 Å². The third-order valence-corrected chi connectivity index (χ3v) is 7.60. The van der Waals surface area contributed by atoms with Crippen molar-refractivity contribution in [1.29, 1.82) is 0 Å². The van der Waals surface area contributed by atoms with Crippen molar-refractivity contribution in [3.05, 3.63) is 23.8 Å². The maximum Gasteiger partial charge on any atom is 0.239 e. The summed E-state index contributed by atoms with van der Waals surface area (Å²) in [7, 11) is 1.94. The summed E-state index contributed by atoms with van der Waals surface area (Å²) in [6.07, 6.45) is 12.9. The number of nitrogens with two attached hydrogens (primary N) is 1. The quantitative estimate of drug-likeness (QED) is 0.520. The van der Waals surface area contributed by atoms with Gasteiger partial charge in [0.15, 0.2) is 5.96 Å². The van der Waals surface area contributed by atoms with Crippen LogP contribution in [0.15, 0.2) is 23.2 Å². The second-order valence-corrected chi connectivity index (χ2v) is 10.3. The fourth-order valence-corrected chi connectivity index (χ4v) is 5.46. The lowest BCUT2D eigenvalue weighted by Gasteiger charge is -2.31. The molecule has 4 rings (SSSR count). The minimum atomic E-state index is -0.00577. The first-order valence-electron chi connectivity index (χ1n) is 13.4. The fraction of sp³-hybridized carbons (Fsp3) is 0.667. The van der Waals surface area contributed by atoms with Gasteiger partial charge in [-0.3, -0.25) is 9.59 Å². The van der Waals surface area contributed by atoms with Crippen molar-refractivity contribution in [2.75, 3.05) is 20.2 Å². The molecule has 8 heteroatoms. The van der Waals surface area contributed by atoms with Crippen molar-refractivity contribution in [1.82, 2.24) is 15.1 Å². The van der Waals surface area contributed by atoms with E-state index in [1.165, 1.54) is 38.5 Å². The fourth-order valence-electron chi connectivity index (χ4n) is 5.46. The topological polar surface area (TPSA) is 100 Å². The third-order valence-electron chi connectivity index (χ3n) is 7.60. The van der Waals surface area contributed by atoms with Crippen LogP contribution in [-0.4, -0.2) is 59.9 Å². The van der Waals surface area contributed by atoms with E-state index in [-0.39, 0.29) is 24.4 Å². The number of guanidine groups is 1. The first-order chi connectivity index (χ1) is 17.0. The van der Waals surface area contributed by atoms with Gasteiger partial charge in [-0.1, -0.05) is 38.5 Å². The molecule has 0 atom stereocenters. The number of rotatable bonds is 9. The molecule has 192 valence electrons. The Kier molecular flexibility index (Phi) is 8.88. The summed E-state index contributed by atoms with van der Waals surface area (Å²) in [6, 6.07) is 6.43. The number of amides is 2. The molecule has 2 saturated carbocycles. The van der Waals surface area contributed by atoms with Gasteiger partial charge >= 0.3 is 0 Å². The Morgan fingerprint density at radius 1 is 1.11 bits per heavy atom. The summed E-state index contributed by atoms with van der Waals surface area (Å²) < 4.78 is 5.94. The molecule has 8 nitrogen and oxygen atoms in total. The number of benzene rings is 1. The van der Waals surface area contributed by atoms with Gasteiger partial charge in [0.2, 0.25) is 11.8 Å². The highest BCUT2D eigenvalue weighted by atomic mass is 16.5. The lowest BCUT2D eigenvalue weighted by molar-refractivity contribution is -0.132. The van der Waals surface area contributed by atoms with Crippen LogP contribution in [0.2, 0.25) is 0 Å². The van der Waals surface area contributed by atoms with Gasteiger partial charge < -0.3 is 25.6 Å². The number of carbonyl (C=O) groups is 2. The smallest absolute Gasteiger partial charge is 0.239 e. The maximum absolute atomic E-state index is 12.6. The molecular weight excluding hydrogens is 442 g/mol. The Morgan fingerprint density at radius 2 is 1.83 bits per heavy atom. The molecular formula is C27H41N5O3. The van der Waals surface area contributed by atoms with Crippen LogP contribution in [0, 0.1) is 0 Å². The van der Waals surface area contributed by atoms with Crippen molar-refractivity contribution >= 4 is 23.5 Å². The molecule has 1 aromatic rings. The monoisotopic (exact) mass is 483 g/mol. The van der Waals surface area contributed by atoms with Crippen LogP contribution < -0.4 is 15.8 Å². The molecule has 1 heterocycles. The predicted octanol–water partition coefficient (Wildman–Crippen LogP) is 3.85. The van der Waals surface area contributed by atoms with Gasteiger partial charge in [0, 0.05) is 37.7 Å². The molecule has 0 unspecified atom stereocenters. The zero-order valence-electron chi connectivity index (χ0n) is 21.1. The molecule has 3 N–H and O–H groups in total. The van der Waals surface area contributed by atoms with Crippen molar-refractivity contribution in [2.45, 2.75) is 95.7 Å². The molecule has 2 amide bonds. The molecule has 0 radical (unpaired) electrons. The highest BCUT2D eigenvalue weighted by molar-refractivity contribution is 5.88. The molecule has 1 aromatic carbocycles. The van der Waals surface area contributed by atoms with Crippen LogP contribution in [0.5, 0.6) is 5.75 Å². The number of nitrogens with zero attached hydrogens (tertiary/aromatic N) is 3. The second kappa shape index (κ2) is 12.3. The van der Waals surface area contributed by atoms with Gasteiger partial charge in [-0.2, -0.15) is 0 Å². The number of aliphatic imine (C=N–C) groups is 1. The van der Waals surface area contributed by atoms with Crippen LogP contribution in [0.1, 0.15) is 82.6 Å². The third kappa shape index (κ3) is 7.12. The summed E-state index contributed by atoms with van der Waals surface area (Å²) in [6.45, 7) is 1.21.